The van der Waals surface area contributed by atoms with Crippen LogP contribution in [0.4, 0.5) is 5.69 Å². The molecule has 1 aliphatic rings. The molecule has 0 aliphatic carbocycles. The number of rotatable bonds is 4. The summed E-state index contributed by atoms with van der Waals surface area (Å²) in [5.74, 6) is 0.730. The minimum Gasteiger partial charge on any atom is -0.455 e. The highest BCUT2D eigenvalue weighted by atomic mass is 16.4. The molecule has 5 heteroatoms. The zero-order valence-electron chi connectivity index (χ0n) is 12.9. The lowest BCUT2D eigenvalue weighted by atomic mass is 10.1. The highest BCUT2D eigenvalue weighted by Gasteiger charge is 2.16. The van der Waals surface area contributed by atoms with E-state index < -0.39 is 0 Å². The first-order valence-corrected chi connectivity index (χ1v) is 7.88. The maximum absolute atomic E-state index is 12.3. The fourth-order valence-corrected chi connectivity index (χ4v) is 2.80. The maximum Gasteiger partial charge on any atom is 0.291 e. The number of nitrogens with zero attached hydrogens (tertiary/aromatic N) is 2. The molecule has 1 amide bonds. The minimum absolute atomic E-state index is 0.268. The normalized spacial score (nSPS) is 15.1. The van der Waals surface area contributed by atoms with Crippen molar-refractivity contribution in [3.05, 3.63) is 53.5 Å². The van der Waals surface area contributed by atoms with Gasteiger partial charge in [0, 0.05) is 0 Å². The average molecular weight is 309 g/mol. The van der Waals surface area contributed by atoms with Crippen molar-refractivity contribution in [2.75, 3.05) is 18.4 Å². The van der Waals surface area contributed by atoms with Gasteiger partial charge in [-0.15, -0.1) is 0 Å². The Kier molecular flexibility index (Phi) is 4.74. The molecule has 3 rings (SSSR count). The number of para-hydroxylation sites is 1. The highest BCUT2D eigenvalue weighted by molar-refractivity contribution is 6.02. The number of nitrogens with one attached hydrogen (secondary N) is 1. The van der Waals surface area contributed by atoms with E-state index in [9.17, 15) is 4.79 Å². The van der Waals surface area contributed by atoms with Gasteiger partial charge in [0.05, 0.1) is 17.8 Å². The van der Waals surface area contributed by atoms with Crippen molar-refractivity contribution < 1.29 is 9.21 Å². The molecule has 5 nitrogen and oxygen atoms in total. The molecule has 0 saturated carbocycles. The number of anilines is 1. The fraction of sp³-hybridized carbons (Fsp3) is 0.333. The molecule has 0 unspecified atom stereocenters. The molecule has 2 heterocycles. The van der Waals surface area contributed by atoms with Crippen LogP contribution < -0.4 is 5.32 Å². The third-order valence-electron chi connectivity index (χ3n) is 4.01. The van der Waals surface area contributed by atoms with Crippen LogP contribution in [0, 0.1) is 11.3 Å². The molecule has 118 valence electrons. The van der Waals surface area contributed by atoms with Crippen LogP contribution in [0.25, 0.3) is 0 Å². The van der Waals surface area contributed by atoms with Crippen molar-refractivity contribution in [1.29, 1.82) is 5.26 Å². The quantitative estimate of drug-likeness (QED) is 0.940. The monoisotopic (exact) mass is 309 g/mol. The number of benzene rings is 1. The molecule has 1 aromatic heterocycles. The molecular formula is C18H19N3O2. The maximum atomic E-state index is 12.3. The molecule has 0 radical (unpaired) electrons. The SMILES string of the molecule is N#Cc1ccccc1NC(=O)c1ccc(CN2CCCCC2)o1. The van der Waals surface area contributed by atoms with Gasteiger partial charge >= 0.3 is 0 Å². The molecule has 0 atom stereocenters. The molecule has 1 N–H and O–H groups in total. The Labute approximate surface area is 135 Å². The van der Waals surface area contributed by atoms with Gasteiger partial charge in [-0.1, -0.05) is 18.6 Å². The van der Waals surface area contributed by atoms with Gasteiger partial charge in [-0.2, -0.15) is 5.26 Å². The van der Waals surface area contributed by atoms with Crippen LogP contribution in [0.2, 0.25) is 0 Å². The van der Waals surface area contributed by atoms with Crippen molar-refractivity contribution >= 4 is 11.6 Å². The van der Waals surface area contributed by atoms with Crippen LogP contribution >= 0.6 is 0 Å². The first kappa shape index (κ1) is 15.3. The molecule has 23 heavy (non-hydrogen) atoms. The summed E-state index contributed by atoms with van der Waals surface area (Å²) in [4.78, 5) is 14.6. The lowest BCUT2D eigenvalue weighted by Gasteiger charge is -2.25. The van der Waals surface area contributed by atoms with E-state index >= 15 is 0 Å². The molecule has 0 spiro atoms. The summed E-state index contributed by atoms with van der Waals surface area (Å²) in [6.07, 6.45) is 3.73. The predicted molar refractivity (Wildman–Crippen MR) is 86.9 cm³/mol. The Balaban J connectivity index is 1.65. The third kappa shape index (κ3) is 3.79. The van der Waals surface area contributed by atoms with Gasteiger partial charge in [-0.25, -0.2) is 0 Å². The van der Waals surface area contributed by atoms with E-state index in [1.165, 1.54) is 19.3 Å². The number of carbonyl (C=O) groups excluding carboxylic acids is 1. The number of furan rings is 1. The fourth-order valence-electron chi connectivity index (χ4n) is 2.80. The van der Waals surface area contributed by atoms with Crippen molar-refractivity contribution in [2.45, 2.75) is 25.8 Å². The van der Waals surface area contributed by atoms with Crippen LogP contribution in [0.1, 0.15) is 41.1 Å². The zero-order valence-corrected chi connectivity index (χ0v) is 12.9. The van der Waals surface area contributed by atoms with Gasteiger partial charge < -0.3 is 9.73 Å². The first-order valence-electron chi connectivity index (χ1n) is 7.88. The Bertz CT molecular complexity index is 724. The van der Waals surface area contributed by atoms with Crippen LogP contribution in [0.3, 0.4) is 0 Å². The van der Waals surface area contributed by atoms with Crippen LogP contribution in [-0.2, 0) is 6.54 Å². The number of hydrogen-bond acceptors (Lipinski definition) is 4. The second-order valence-electron chi connectivity index (χ2n) is 5.71. The van der Waals surface area contributed by atoms with Crippen molar-refractivity contribution in [1.82, 2.24) is 4.90 Å². The second kappa shape index (κ2) is 7.12. The van der Waals surface area contributed by atoms with Crippen LogP contribution in [-0.4, -0.2) is 23.9 Å². The summed E-state index contributed by atoms with van der Waals surface area (Å²) < 4.78 is 5.66. The Hall–Kier alpha value is -2.58. The van der Waals surface area contributed by atoms with E-state index in [-0.39, 0.29) is 11.7 Å². The molecule has 2 aromatic rings. The van der Waals surface area contributed by atoms with Gasteiger partial charge in [0.2, 0.25) is 0 Å². The van der Waals surface area contributed by atoms with E-state index in [0.717, 1.165) is 25.4 Å². The Morgan fingerprint density at radius 1 is 1.17 bits per heavy atom. The highest BCUT2D eigenvalue weighted by Crippen LogP contribution is 2.18. The number of carbonyl (C=O) groups is 1. The molecule has 1 saturated heterocycles. The molecule has 0 bridgehead atoms. The van der Waals surface area contributed by atoms with Crippen LogP contribution in [0.15, 0.2) is 40.8 Å². The van der Waals surface area contributed by atoms with E-state index in [0.29, 0.717) is 11.3 Å². The minimum atomic E-state index is -0.336. The summed E-state index contributed by atoms with van der Waals surface area (Å²) in [5, 5.41) is 11.8. The number of amides is 1. The van der Waals surface area contributed by atoms with Gasteiger partial charge in [0.25, 0.3) is 5.91 Å². The average Bonchev–Trinajstić information content (AvgIpc) is 3.05. The number of nitriles is 1. The van der Waals surface area contributed by atoms with Gasteiger partial charge in [0.15, 0.2) is 5.76 Å². The summed E-state index contributed by atoms with van der Waals surface area (Å²) in [6, 6.07) is 12.5. The van der Waals surface area contributed by atoms with Gasteiger partial charge in [0.1, 0.15) is 11.8 Å². The number of piperidine rings is 1. The summed E-state index contributed by atoms with van der Waals surface area (Å²) in [6.45, 7) is 2.90. The second-order valence-corrected chi connectivity index (χ2v) is 5.71. The van der Waals surface area contributed by atoms with Crippen molar-refractivity contribution in [2.24, 2.45) is 0 Å². The van der Waals surface area contributed by atoms with Gasteiger partial charge in [-0.3, -0.25) is 9.69 Å². The molecule has 1 aliphatic heterocycles. The number of hydrogen-bond donors (Lipinski definition) is 1. The van der Waals surface area contributed by atoms with Crippen LogP contribution in [0.5, 0.6) is 0 Å². The standard InChI is InChI=1S/C18H19N3O2/c19-12-14-6-2-3-7-16(14)20-18(22)17-9-8-15(23-17)13-21-10-4-1-5-11-21/h2-3,6-9H,1,4-5,10-11,13H2,(H,20,22). The van der Waals surface area contributed by atoms with E-state index in [2.05, 4.69) is 16.3 Å². The molecule has 1 aromatic carbocycles. The first-order chi connectivity index (χ1) is 11.3. The summed E-state index contributed by atoms with van der Waals surface area (Å²) in [5.41, 5.74) is 0.926. The topological polar surface area (TPSA) is 69.3 Å². The lowest BCUT2D eigenvalue weighted by Crippen LogP contribution is -2.28. The van der Waals surface area contributed by atoms with E-state index in [1.54, 1.807) is 30.3 Å². The number of likely N-dealkylation sites (tertiary alicyclic amines) is 1. The summed E-state index contributed by atoms with van der Waals surface area (Å²) in [7, 11) is 0. The Morgan fingerprint density at radius 3 is 2.74 bits per heavy atom. The molecular weight excluding hydrogens is 290 g/mol. The smallest absolute Gasteiger partial charge is 0.291 e. The largest absolute Gasteiger partial charge is 0.455 e. The third-order valence-corrected chi connectivity index (χ3v) is 4.01. The molecule has 1 fully saturated rings. The van der Waals surface area contributed by atoms with E-state index in [4.69, 9.17) is 9.68 Å². The van der Waals surface area contributed by atoms with Crippen molar-refractivity contribution in [3.63, 3.8) is 0 Å². The summed E-state index contributed by atoms with van der Waals surface area (Å²) >= 11 is 0. The van der Waals surface area contributed by atoms with Crippen molar-refractivity contribution in [3.8, 4) is 6.07 Å². The van der Waals surface area contributed by atoms with Gasteiger partial charge in [-0.05, 0) is 50.2 Å². The predicted octanol–water partition coefficient (Wildman–Crippen LogP) is 3.39. The lowest BCUT2D eigenvalue weighted by molar-refractivity contribution is 0.0992. The van der Waals surface area contributed by atoms with E-state index in [1.807, 2.05) is 6.07 Å². The zero-order chi connectivity index (χ0) is 16.1. The Morgan fingerprint density at radius 2 is 1.96 bits per heavy atom.